The molecule has 24 heavy (non-hydrogen) atoms. The third-order valence-corrected chi connectivity index (χ3v) is 3.91. The molecular formula is C17H12ClN5O. The summed E-state index contributed by atoms with van der Waals surface area (Å²) >= 11 is 5.99. The molecule has 6 nitrogen and oxygen atoms in total. The molecule has 4 rings (SSSR count). The Bertz CT molecular complexity index is 1070. The van der Waals surface area contributed by atoms with E-state index in [-0.39, 0.29) is 11.1 Å². The SMILES string of the molecule is O=c1c2nnn(-c3ccccc3)c2ncn1Cc1cccc(Cl)c1. The Labute approximate surface area is 142 Å². The van der Waals surface area contributed by atoms with Crippen molar-refractivity contribution in [2.24, 2.45) is 0 Å². The molecule has 0 aliphatic heterocycles. The van der Waals surface area contributed by atoms with Crippen LogP contribution in [-0.2, 0) is 6.54 Å². The Hall–Kier alpha value is -2.99. The fourth-order valence-electron chi connectivity index (χ4n) is 2.53. The summed E-state index contributed by atoms with van der Waals surface area (Å²) in [5.41, 5.74) is 2.17. The number of benzene rings is 2. The maximum Gasteiger partial charge on any atom is 0.283 e. The van der Waals surface area contributed by atoms with Crippen LogP contribution < -0.4 is 5.56 Å². The van der Waals surface area contributed by atoms with Crippen molar-refractivity contribution in [2.45, 2.75) is 6.54 Å². The highest BCUT2D eigenvalue weighted by Gasteiger charge is 2.13. The van der Waals surface area contributed by atoms with Gasteiger partial charge in [-0.3, -0.25) is 9.36 Å². The normalized spacial score (nSPS) is 11.0. The summed E-state index contributed by atoms with van der Waals surface area (Å²) < 4.78 is 3.05. The molecule has 0 N–H and O–H groups in total. The minimum Gasteiger partial charge on any atom is -0.293 e. The van der Waals surface area contributed by atoms with Gasteiger partial charge in [-0.2, -0.15) is 4.68 Å². The van der Waals surface area contributed by atoms with Crippen LogP contribution in [0.5, 0.6) is 0 Å². The number of hydrogen-bond acceptors (Lipinski definition) is 4. The molecular weight excluding hydrogens is 326 g/mol. The Kier molecular flexibility index (Phi) is 3.59. The van der Waals surface area contributed by atoms with E-state index in [0.29, 0.717) is 17.2 Å². The number of nitrogens with zero attached hydrogens (tertiary/aromatic N) is 5. The van der Waals surface area contributed by atoms with Crippen molar-refractivity contribution in [3.8, 4) is 5.69 Å². The Morgan fingerprint density at radius 1 is 1.04 bits per heavy atom. The molecule has 2 aromatic carbocycles. The topological polar surface area (TPSA) is 65.6 Å². The number of halogens is 1. The van der Waals surface area contributed by atoms with Gasteiger partial charge in [0.2, 0.25) is 0 Å². The fraction of sp³-hybridized carbons (Fsp3) is 0.0588. The van der Waals surface area contributed by atoms with Gasteiger partial charge in [-0.15, -0.1) is 5.10 Å². The van der Waals surface area contributed by atoms with Crippen molar-refractivity contribution in [3.05, 3.63) is 81.9 Å². The van der Waals surface area contributed by atoms with Crippen molar-refractivity contribution in [1.82, 2.24) is 24.5 Å². The van der Waals surface area contributed by atoms with E-state index in [4.69, 9.17) is 11.6 Å². The molecule has 0 atom stereocenters. The van der Waals surface area contributed by atoms with Crippen LogP contribution in [0, 0.1) is 0 Å². The van der Waals surface area contributed by atoms with E-state index in [1.54, 1.807) is 10.7 Å². The summed E-state index contributed by atoms with van der Waals surface area (Å²) in [7, 11) is 0. The zero-order valence-electron chi connectivity index (χ0n) is 12.5. The second-order valence-electron chi connectivity index (χ2n) is 5.32. The lowest BCUT2D eigenvalue weighted by molar-refractivity contribution is 0.745. The predicted octanol–water partition coefficient (Wildman–Crippen LogP) is 2.68. The molecule has 4 aromatic rings. The summed E-state index contributed by atoms with van der Waals surface area (Å²) in [4.78, 5) is 17.0. The average molecular weight is 338 g/mol. The summed E-state index contributed by atoms with van der Waals surface area (Å²) in [6.07, 6.45) is 1.51. The maximum atomic E-state index is 12.6. The molecule has 2 aromatic heterocycles. The predicted molar refractivity (Wildman–Crippen MR) is 91.5 cm³/mol. The van der Waals surface area contributed by atoms with E-state index in [0.717, 1.165) is 11.3 Å². The molecule has 0 aliphatic rings. The molecule has 0 unspecified atom stereocenters. The lowest BCUT2D eigenvalue weighted by Gasteiger charge is -2.06. The van der Waals surface area contributed by atoms with Gasteiger partial charge < -0.3 is 0 Å². The smallest absolute Gasteiger partial charge is 0.283 e. The molecule has 0 aliphatic carbocycles. The molecule has 0 radical (unpaired) electrons. The number of aromatic nitrogens is 5. The van der Waals surface area contributed by atoms with Crippen LogP contribution in [0.3, 0.4) is 0 Å². The second kappa shape index (κ2) is 5.90. The van der Waals surface area contributed by atoms with E-state index in [2.05, 4.69) is 15.3 Å². The minimum atomic E-state index is -0.234. The Morgan fingerprint density at radius 2 is 1.88 bits per heavy atom. The monoisotopic (exact) mass is 337 g/mol. The molecule has 0 amide bonds. The van der Waals surface area contributed by atoms with E-state index in [1.807, 2.05) is 48.5 Å². The van der Waals surface area contributed by atoms with Crippen LogP contribution in [0.2, 0.25) is 5.02 Å². The van der Waals surface area contributed by atoms with E-state index in [9.17, 15) is 4.79 Å². The van der Waals surface area contributed by atoms with Crippen LogP contribution in [0.1, 0.15) is 5.56 Å². The fourth-order valence-corrected chi connectivity index (χ4v) is 2.74. The lowest BCUT2D eigenvalue weighted by atomic mass is 10.2. The summed E-state index contributed by atoms with van der Waals surface area (Å²) in [6, 6.07) is 16.8. The molecule has 7 heteroatoms. The van der Waals surface area contributed by atoms with Gasteiger partial charge in [0, 0.05) is 5.02 Å². The number of fused-ring (bicyclic) bond motifs is 1. The van der Waals surface area contributed by atoms with Crippen LogP contribution in [-0.4, -0.2) is 24.5 Å². The zero-order valence-corrected chi connectivity index (χ0v) is 13.3. The molecule has 0 saturated heterocycles. The quantitative estimate of drug-likeness (QED) is 0.576. The first kappa shape index (κ1) is 14.6. The van der Waals surface area contributed by atoms with Gasteiger partial charge in [0.25, 0.3) is 5.56 Å². The Morgan fingerprint density at radius 3 is 2.67 bits per heavy atom. The van der Waals surface area contributed by atoms with Crippen molar-refractivity contribution in [1.29, 1.82) is 0 Å². The van der Waals surface area contributed by atoms with E-state index < -0.39 is 0 Å². The molecule has 2 heterocycles. The van der Waals surface area contributed by atoms with E-state index in [1.165, 1.54) is 10.9 Å². The van der Waals surface area contributed by atoms with Crippen LogP contribution in [0.25, 0.3) is 16.9 Å². The third-order valence-electron chi connectivity index (χ3n) is 3.67. The first-order valence-corrected chi connectivity index (χ1v) is 7.71. The largest absolute Gasteiger partial charge is 0.293 e. The first-order valence-electron chi connectivity index (χ1n) is 7.33. The van der Waals surface area contributed by atoms with Gasteiger partial charge in [0.05, 0.1) is 12.2 Å². The highest BCUT2D eigenvalue weighted by molar-refractivity contribution is 6.30. The van der Waals surface area contributed by atoms with Crippen LogP contribution >= 0.6 is 11.6 Å². The summed E-state index contributed by atoms with van der Waals surface area (Å²) in [5.74, 6) is 0. The van der Waals surface area contributed by atoms with Crippen LogP contribution in [0.15, 0.2) is 65.7 Å². The van der Waals surface area contributed by atoms with Crippen molar-refractivity contribution in [2.75, 3.05) is 0 Å². The van der Waals surface area contributed by atoms with Gasteiger partial charge in [-0.05, 0) is 29.8 Å². The first-order chi connectivity index (χ1) is 11.7. The highest BCUT2D eigenvalue weighted by atomic mass is 35.5. The van der Waals surface area contributed by atoms with E-state index >= 15 is 0 Å². The minimum absolute atomic E-state index is 0.234. The number of hydrogen-bond donors (Lipinski definition) is 0. The average Bonchev–Trinajstić information content (AvgIpc) is 3.03. The van der Waals surface area contributed by atoms with Crippen molar-refractivity contribution in [3.63, 3.8) is 0 Å². The van der Waals surface area contributed by atoms with Gasteiger partial charge in [0.1, 0.15) is 6.33 Å². The summed E-state index contributed by atoms with van der Waals surface area (Å²) in [6.45, 7) is 0.376. The lowest BCUT2D eigenvalue weighted by Crippen LogP contribution is -2.21. The van der Waals surface area contributed by atoms with Gasteiger partial charge in [-0.1, -0.05) is 47.1 Å². The van der Waals surface area contributed by atoms with Gasteiger partial charge in [-0.25, -0.2) is 4.98 Å². The number of rotatable bonds is 3. The van der Waals surface area contributed by atoms with Crippen LogP contribution in [0.4, 0.5) is 0 Å². The Balaban J connectivity index is 1.78. The standard InChI is InChI=1S/C17H12ClN5O/c18-13-6-4-5-12(9-13)10-22-11-19-16-15(17(22)24)20-21-23(16)14-7-2-1-3-8-14/h1-9,11H,10H2. The number of para-hydroxylation sites is 1. The molecule has 0 spiro atoms. The highest BCUT2D eigenvalue weighted by Crippen LogP contribution is 2.13. The molecule has 0 bridgehead atoms. The molecule has 0 saturated carbocycles. The maximum absolute atomic E-state index is 12.6. The van der Waals surface area contributed by atoms with Gasteiger partial charge >= 0.3 is 0 Å². The summed E-state index contributed by atoms with van der Waals surface area (Å²) in [5, 5.41) is 8.69. The zero-order chi connectivity index (χ0) is 16.5. The second-order valence-corrected chi connectivity index (χ2v) is 5.75. The third kappa shape index (κ3) is 2.57. The van der Waals surface area contributed by atoms with Crippen molar-refractivity contribution < 1.29 is 0 Å². The van der Waals surface area contributed by atoms with Crippen molar-refractivity contribution >= 4 is 22.8 Å². The molecule has 118 valence electrons. The molecule has 0 fully saturated rings. The van der Waals surface area contributed by atoms with Gasteiger partial charge in [0.15, 0.2) is 11.2 Å².